The maximum Gasteiger partial charge on any atom is 0.269 e. The standard InChI is InChI=1S/C14H21N3O4.ClH/c1-10(2)16(14(18)13(15)9-21-3)8-11-4-6-12(7-5-11)17(19)20;/h4-7,10,13H,8-9,15H2,1-3H3;1H. The average molecular weight is 332 g/mol. The summed E-state index contributed by atoms with van der Waals surface area (Å²) >= 11 is 0. The quantitative estimate of drug-likeness (QED) is 0.606. The van der Waals surface area contributed by atoms with Crippen LogP contribution in [0.3, 0.4) is 0 Å². The van der Waals surface area contributed by atoms with Crippen LogP contribution >= 0.6 is 12.4 Å². The monoisotopic (exact) mass is 331 g/mol. The molecule has 0 aliphatic carbocycles. The molecule has 22 heavy (non-hydrogen) atoms. The number of rotatable bonds is 7. The van der Waals surface area contributed by atoms with Crippen LogP contribution in [-0.4, -0.2) is 41.5 Å². The van der Waals surface area contributed by atoms with E-state index in [4.69, 9.17) is 10.5 Å². The van der Waals surface area contributed by atoms with Gasteiger partial charge in [0.2, 0.25) is 5.91 Å². The molecule has 0 spiro atoms. The fraction of sp³-hybridized carbons (Fsp3) is 0.500. The van der Waals surface area contributed by atoms with E-state index in [0.29, 0.717) is 6.54 Å². The molecular weight excluding hydrogens is 310 g/mol. The van der Waals surface area contributed by atoms with E-state index in [2.05, 4.69) is 0 Å². The molecule has 0 aliphatic rings. The molecule has 0 radical (unpaired) electrons. The van der Waals surface area contributed by atoms with Gasteiger partial charge in [0, 0.05) is 31.8 Å². The van der Waals surface area contributed by atoms with Gasteiger partial charge in [0.25, 0.3) is 5.69 Å². The average Bonchev–Trinajstić information content (AvgIpc) is 2.44. The maximum atomic E-state index is 12.3. The van der Waals surface area contributed by atoms with Crippen molar-refractivity contribution in [3.63, 3.8) is 0 Å². The smallest absolute Gasteiger partial charge is 0.269 e. The largest absolute Gasteiger partial charge is 0.383 e. The van der Waals surface area contributed by atoms with E-state index in [1.54, 1.807) is 17.0 Å². The molecule has 1 aromatic rings. The molecule has 1 atom stereocenters. The van der Waals surface area contributed by atoms with Gasteiger partial charge in [-0.25, -0.2) is 0 Å². The van der Waals surface area contributed by atoms with Gasteiger partial charge in [0.15, 0.2) is 0 Å². The van der Waals surface area contributed by atoms with E-state index in [1.165, 1.54) is 19.2 Å². The van der Waals surface area contributed by atoms with Crippen LogP contribution < -0.4 is 5.73 Å². The first-order valence-corrected chi connectivity index (χ1v) is 6.65. The van der Waals surface area contributed by atoms with Crippen LogP contribution in [0.1, 0.15) is 19.4 Å². The molecule has 7 nitrogen and oxygen atoms in total. The molecular formula is C14H22ClN3O4. The van der Waals surface area contributed by atoms with E-state index in [9.17, 15) is 14.9 Å². The number of amides is 1. The minimum Gasteiger partial charge on any atom is -0.383 e. The lowest BCUT2D eigenvalue weighted by molar-refractivity contribution is -0.384. The number of methoxy groups -OCH3 is 1. The lowest BCUT2D eigenvalue weighted by atomic mass is 10.1. The molecule has 0 heterocycles. The summed E-state index contributed by atoms with van der Waals surface area (Å²) in [6.07, 6.45) is 0. The van der Waals surface area contributed by atoms with Gasteiger partial charge < -0.3 is 15.4 Å². The Morgan fingerprint density at radius 2 is 1.91 bits per heavy atom. The maximum absolute atomic E-state index is 12.3. The number of benzene rings is 1. The minimum absolute atomic E-state index is 0. The fourth-order valence-corrected chi connectivity index (χ4v) is 1.90. The Morgan fingerprint density at radius 1 is 1.36 bits per heavy atom. The second kappa shape index (κ2) is 9.34. The lowest BCUT2D eigenvalue weighted by Gasteiger charge is -2.29. The molecule has 8 heteroatoms. The third-order valence-corrected chi connectivity index (χ3v) is 3.07. The van der Waals surface area contributed by atoms with Gasteiger partial charge in [-0.3, -0.25) is 14.9 Å². The van der Waals surface area contributed by atoms with Gasteiger partial charge in [-0.2, -0.15) is 0 Å². The Bertz CT molecular complexity index is 493. The molecule has 1 rings (SSSR count). The highest BCUT2D eigenvalue weighted by atomic mass is 35.5. The van der Waals surface area contributed by atoms with E-state index in [-0.39, 0.29) is 36.7 Å². The molecule has 2 N–H and O–H groups in total. The van der Waals surface area contributed by atoms with E-state index >= 15 is 0 Å². The third kappa shape index (κ3) is 5.59. The lowest BCUT2D eigenvalue weighted by Crippen LogP contribution is -2.48. The number of nitrogens with zero attached hydrogens (tertiary/aromatic N) is 2. The van der Waals surface area contributed by atoms with Gasteiger partial charge in [-0.15, -0.1) is 12.4 Å². The number of carbonyl (C=O) groups excluding carboxylic acids is 1. The normalized spacial score (nSPS) is 11.7. The highest BCUT2D eigenvalue weighted by Gasteiger charge is 2.23. The van der Waals surface area contributed by atoms with Crippen molar-refractivity contribution in [1.82, 2.24) is 4.90 Å². The van der Waals surface area contributed by atoms with Crippen molar-refractivity contribution in [2.45, 2.75) is 32.5 Å². The van der Waals surface area contributed by atoms with Crippen LogP contribution in [0.2, 0.25) is 0 Å². The Kier molecular flexibility index (Phi) is 8.62. The molecule has 0 bridgehead atoms. The number of hydrogen-bond donors (Lipinski definition) is 1. The topological polar surface area (TPSA) is 98.7 Å². The van der Waals surface area contributed by atoms with Crippen molar-refractivity contribution in [2.75, 3.05) is 13.7 Å². The second-order valence-corrected chi connectivity index (χ2v) is 5.05. The van der Waals surface area contributed by atoms with Crippen molar-refractivity contribution in [1.29, 1.82) is 0 Å². The second-order valence-electron chi connectivity index (χ2n) is 5.05. The Balaban J connectivity index is 0.00000441. The van der Waals surface area contributed by atoms with Crippen LogP contribution in [-0.2, 0) is 16.1 Å². The van der Waals surface area contributed by atoms with Gasteiger partial charge in [0.1, 0.15) is 6.04 Å². The van der Waals surface area contributed by atoms with E-state index in [0.717, 1.165) is 5.56 Å². The summed E-state index contributed by atoms with van der Waals surface area (Å²) in [5.74, 6) is -0.204. The number of nitrogens with two attached hydrogens (primary N) is 1. The van der Waals surface area contributed by atoms with Crippen LogP contribution in [0, 0.1) is 10.1 Å². The van der Waals surface area contributed by atoms with Crippen LogP contribution in [0.15, 0.2) is 24.3 Å². The first-order valence-electron chi connectivity index (χ1n) is 6.65. The molecule has 1 aromatic carbocycles. The Hall–Kier alpha value is -1.70. The zero-order chi connectivity index (χ0) is 16.0. The van der Waals surface area contributed by atoms with Gasteiger partial charge in [-0.1, -0.05) is 12.1 Å². The first kappa shape index (κ1) is 20.3. The SMILES string of the molecule is COCC(N)C(=O)N(Cc1ccc([N+](=O)[O-])cc1)C(C)C.Cl. The third-order valence-electron chi connectivity index (χ3n) is 3.07. The molecule has 1 unspecified atom stereocenters. The van der Waals surface area contributed by atoms with Crippen molar-refractivity contribution >= 4 is 24.0 Å². The predicted octanol–water partition coefficient (Wildman–Crippen LogP) is 1.73. The van der Waals surface area contributed by atoms with E-state index in [1.807, 2.05) is 13.8 Å². The summed E-state index contributed by atoms with van der Waals surface area (Å²) in [6.45, 7) is 4.29. The van der Waals surface area contributed by atoms with Crippen molar-refractivity contribution in [3.8, 4) is 0 Å². The Morgan fingerprint density at radius 3 is 2.32 bits per heavy atom. The fourth-order valence-electron chi connectivity index (χ4n) is 1.90. The zero-order valence-corrected chi connectivity index (χ0v) is 13.7. The molecule has 0 saturated carbocycles. The molecule has 0 aliphatic heterocycles. The number of carbonyl (C=O) groups is 1. The summed E-state index contributed by atoms with van der Waals surface area (Å²) < 4.78 is 4.90. The molecule has 1 amide bonds. The molecule has 0 fully saturated rings. The number of nitro benzene ring substituents is 1. The highest BCUT2D eigenvalue weighted by molar-refractivity contribution is 5.85. The summed E-state index contributed by atoms with van der Waals surface area (Å²) in [7, 11) is 1.49. The number of ether oxygens (including phenoxy) is 1. The minimum atomic E-state index is -0.713. The highest BCUT2D eigenvalue weighted by Crippen LogP contribution is 2.15. The van der Waals surface area contributed by atoms with Gasteiger partial charge in [0.05, 0.1) is 11.5 Å². The van der Waals surface area contributed by atoms with E-state index < -0.39 is 11.0 Å². The molecule has 124 valence electrons. The van der Waals surface area contributed by atoms with Crippen molar-refractivity contribution in [3.05, 3.63) is 39.9 Å². The first-order chi connectivity index (χ1) is 9.86. The molecule has 0 aromatic heterocycles. The number of hydrogen-bond acceptors (Lipinski definition) is 5. The van der Waals surface area contributed by atoms with Gasteiger partial charge in [-0.05, 0) is 19.4 Å². The van der Waals surface area contributed by atoms with Crippen molar-refractivity contribution < 1.29 is 14.5 Å². The summed E-state index contributed by atoms with van der Waals surface area (Å²) in [5, 5.41) is 10.6. The number of nitro groups is 1. The van der Waals surface area contributed by atoms with Crippen LogP contribution in [0.4, 0.5) is 5.69 Å². The van der Waals surface area contributed by atoms with Crippen LogP contribution in [0.25, 0.3) is 0 Å². The summed E-state index contributed by atoms with van der Waals surface area (Å²) in [4.78, 5) is 24.1. The van der Waals surface area contributed by atoms with Crippen molar-refractivity contribution in [2.24, 2.45) is 5.73 Å². The molecule has 0 saturated heterocycles. The zero-order valence-electron chi connectivity index (χ0n) is 12.9. The summed E-state index contributed by atoms with van der Waals surface area (Å²) in [5.41, 5.74) is 6.62. The van der Waals surface area contributed by atoms with Crippen LogP contribution in [0.5, 0.6) is 0 Å². The predicted molar refractivity (Wildman–Crippen MR) is 85.9 cm³/mol. The number of halogens is 1. The van der Waals surface area contributed by atoms with Gasteiger partial charge >= 0.3 is 0 Å². The summed E-state index contributed by atoms with van der Waals surface area (Å²) in [6, 6.07) is 5.39. The Labute approximate surface area is 136 Å². The number of non-ortho nitro benzene ring substituents is 1.